The molecule has 1 N–H and O–H groups in total. The lowest BCUT2D eigenvalue weighted by molar-refractivity contribution is -0.136. The molecule has 3 aromatic rings. The van der Waals surface area contributed by atoms with Crippen molar-refractivity contribution in [3.63, 3.8) is 0 Å². The molecule has 2 aromatic carbocycles. The number of rotatable bonds is 7. The van der Waals surface area contributed by atoms with E-state index in [1.165, 1.54) is 6.07 Å². The maximum Gasteiger partial charge on any atom is 0.408 e. The molecule has 0 fully saturated rings. The van der Waals surface area contributed by atoms with E-state index in [1.54, 1.807) is 57.2 Å². The number of hydrogen-bond donors (Lipinski definition) is 1. The van der Waals surface area contributed by atoms with Crippen LogP contribution in [0.1, 0.15) is 63.3 Å². The minimum absolute atomic E-state index is 0.279. The molecule has 1 amide bonds. The van der Waals surface area contributed by atoms with Gasteiger partial charge in [0.05, 0.1) is 5.39 Å². The first-order chi connectivity index (χ1) is 16.1. The van der Waals surface area contributed by atoms with Crippen molar-refractivity contribution in [2.24, 2.45) is 0 Å². The first-order valence-electron chi connectivity index (χ1n) is 11.4. The van der Waals surface area contributed by atoms with Crippen LogP contribution in [0.15, 0.2) is 57.7 Å². The van der Waals surface area contributed by atoms with Crippen LogP contribution in [-0.4, -0.2) is 17.7 Å². The number of hydrogen-bond acceptors (Lipinski definition) is 6. The zero-order valence-corrected chi connectivity index (χ0v) is 20.3. The average molecular weight is 466 g/mol. The van der Waals surface area contributed by atoms with Gasteiger partial charge in [0.15, 0.2) is 6.04 Å². The molecule has 0 aliphatic carbocycles. The Balaban J connectivity index is 2.01. The van der Waals surface area contributed by atoms with Crippen LogP contribution in [0.2, 0.25) is 0 Å². The molecule has 0 bridgehead atoms. The Bertz CT molecular complexity index is 1220. The summed E-state index contributed by atoms with van der Waals surface area (Å²) in [6.45, 7) is 9.11. The predicted molar refractivity (Wildman–Crippen MR) is 130 cm³/mol. The summed E-state index contributed by atoms with van der Waals surface area (Å²) in [7, 11) is 0. The predicted octanol–water partition coefficient (Wildman–Crippen LogP) is 5.62. The molecule has 180 valence electrons. The van der Waals surface area contributed by atoms with Crippen LogP contribution < -0.4 is 15.7 Å². The third-order valence-electron chi connectivity index (χ3n) is 5.07. The molecular formula is C27H31NO6. The quantitative estimate of drug-likeness (QED) is 0.277. The molecule has 1 aromatic heterocycles. The zero-order valence-electron chi connectivity index (χ0n) is 20.3. The van der Waals surface area contributed by atoms with Gasteiger partial charge >= 0.3 is 17.7 Å². The third kappa shape index (κ3) is 6.47. The van der Waals surface area contributed by atoms with Crippen molar-refractivity contribution >= 4 is 23.0 Å². The fraction of sp³-hybridized carbons (Fsp3) is 0.370. The molecule has 0 aliphatic rings. The highest BCUT2D eigenvalue weighted by Gasteiger charge is 2.28. The van der Waals surface area contributed by atoms with E-state index in [0.29, 0.717) is 23.0 Å². The van der Waals surface area contributed by atoms with Gasteiger partial charge in [-0.1, -0.05) is 43.7 Å². The molecule has 7 heteroatoms. The molecule has 1 unspecified atom stereocenters. The molecule has 0 spiro atoms. The molecule has 3 rings (SSSR count). The molecule has 0 saturated carbocycles. The number of aryl methyl sites for hydroxylation is 2. The van der Waals surface area contributed by atoms with Crippen LogP contribution in [0.25, 0.3) is 11.0 Å². The Labute approximate surface area is 199 Å². The fourth-order valence-electron chi connectivity index (χ4n) is 3.63. The smallest absolute Gasteiger partial charge is 0.408 e. The van der Waals surface area contributed by atoms with Crippen LogP contribution in [0.3, 0.4) is 0 Å². The Morgan fingerprint density at radius 2 is 1.79 bits per heavy atom. The number of carbonyl (C=O) groups is 2. The highest BCUT2D eigenvalue weighted by Crippen LogP contribution is 2.32. The molecule has 1 atom stereocenters. The SMILES string of the molecule is CCCCc1cc(=O)oc2cc(C)cc(OC(=O)C(NC(=O)OC(C)(C)C)c3ccccc3)c12. The van der Waals surface area contributed by atoms with E-state index >= 15 is 0 Å². The van der Waals surface area contributed by atoms with E-state index in [1.807, 2.05) is 13.0 Å². The van der Waals surface area contributed by atoms with E-state index in [4.69, 9.17) is 13.9 Å². The zero-order chi connectivity index (χ0) is 24.9. The molecule has 0 radical (unpaired) electrons. The van der Waals surface area contributed by atoms with Gasteiger partial charge < -0.3 is 19.2 Å². The van der Waals surface area contributed by atoms with Gasteiger partial charge in [0.25, 0.3) is 0 Å². The van der Waals surface area contributed by atoms with Crippen molar-refractivity contribution in [2.45, 2.75) is 65.5 Å². The highest BCUT2D eigenvalue weighted by molar-refractivity contribution is 5.92. The number of unbranched alkanes of at least 4 members (excludes halogenated alkanes) is 1. The molecule has 34 heavy (non-hydrogen) atoms. The Hall–Kier alpha value is -3.61. The summed E-state index contributed by atoms with van der Waals surface area (Å²) in [4.78, 5) is 38.0. The number of ether oxygens (including phenoxy) is 2. The number of amides is 1. The van der Waals surface area contributed by atoms with Gasteiger partial charge in [0.1, 0.15) is 16.9 Å². The van der Waals surface area contributed by atoms with Crippen molar-refractivity contribution in [3.05, 3.63) is 75.6 Å². The van der Waals surface area contributed by atoms with Crippen molar-refractivity contribution in [1.29, 1.82) is 0 Å². The summed E-state index contributed by atoms with van der Waals surface area (Å²) in [5.41, 5.74) is 1.25. The molecule has 0 saturated heterocycles. The van der Waals surface area contributed by atoms with Gasteiger partial charge in [0, 0.05) is 6.07 Å². The monoisotopic (exact) mass is 465 g/mol. The molecular weight excluding hydrogens is 434 g/mol. The number of carbonyl (C=O) groups excluding carboxylic acids is 2. The van der Waals surface area contributed by atoms with Crippen LogP contribution in [0.4, 0.5) is 4.79 Å². The maximum absolute atomic E-state index is 13.4. The Morgan fingerprint density at radius 3 is 2.44 bits per heavy atom. The minimum atomic E-state index is -1.10. The van der Waals surface area contributed by atoms with Gasteiger partial charge in [-0.3, -0.25) is 0 Å². The lowest BCUT2D eigenvalue weighted by atomic mass is 10.0. The Morgan fingerprint density at radius 1 is 1.09 bits per heavy atom. The number of nitrogens with one attached hydrogen (secondary N) is 1. The van der Waals surface area contributed by atoms with Crippen LogP contribution in [-0.2, 0) is 16.0 Å². The topological polar surface area (TPSA) is 94.8 Å². The van der Waals surface area contributed by atoms with Crippen LogP contribution in [0.5, 0.6) is 5.75 Å². The van der Waals surface area contributed by atoms with E-state index in [9.17, 15) is 14.4 Å². The second-order valence-electron chi connectivity index (χ2n) is 9.24. The standard InChI is InChI=1S/C27H31NO6/c1-6-7-11-19-16-22(29)32-20-14-17(2)15-21(23(19)20)33-25(30)24(18-12-9-8-10-13-18)28-26(31)34-27(3,4)5/h8-10,12-16,24H,6-7,11H2,1-5H3,(H,28,31). The van der Waals surface area contributed by atoms with Crippen molar-refractivity contribution in [2.75, 3.05) is 0 Å². The van der Waals surface area contributed by atoms with Crippen molar-refractivity contribution in [3.8, 4) is 5.75 Å². The second kappa shape index (κ2) is 10.5. The molecule has 1 heterocycles. The number of alkyl carbamates (subject to hydrolysis) is 1. The number of fused-ring (bicyclic) bond motifs is 1. The summed E-state index contributed by atoms with van der Waals surface area (Å²) in [6.07, 6.45) is 1.72. The average Bonchev–Trinajstić information content (AvgIpc) is 2.74. The Kier molecular flexibility index (Phi) is 7.76. The summed E-state index contributed by atoms with van der Waals surface area (Å²) >= 11 is 0. The minimum Gasteiger partial charge on any atom is -0.444 e. The number of esters is 1. The summed E-state index contributed by atoms with van der Waals surface area (Å²) in [5.74, 6) is -0.404. The van der Waals surface area contributed by atoms with Gasteiger partial charge in [-0.15, -0.1) is 0 Å². The van der Waals surface area contributed by atoms with Gasteiger partial charge in [-0.25, -0.2) is 14.4 Å². The van der Waals surface area contributed by atoms with Gasteiger partial charge in [-0.05, 0) is 69.4 Å². The van der Waals surface area contributed by atoms with E-state index in [0.717, 1.165) is 24.0 Å². The van der Waals surface area contributed by atoms with Crippen LogP contribution in [0, 0.1) is 6.92 Å². The summed E-state index contributed by atoms with van der Waals surface area (Å²) < 4.78 is 16.6. The molecule has 0 aliphatic heterocycles. The maximum atomic E-state index is 13.4. The first-order valence-corrected chi connectivity index (χ1v) is 11.4. The van der Waals surface area contributed by atoms with E-state index < -0.39 is 29.3 Å². The van der Waals surface area contributed by atoms with Gasteiger partial charge in [0.2, 0.25) is 0 Å². The van der Waals surface area contributed by atoms with Crippen molar-refractivity contribution < 1.29 is 23.5 Å². The fourth-order valence-corrected chi connectivity index (χ4v) is 3.63. The largest absolute Gasteiger partial charge is 0.444 e. The lowest BCUT2D eigenvalue weighted by Crippen LogP contribution is -2.39. The lowest BCUT2D eigenvalue weighted by Gasteiger charge is -2.23. The number of benzene rings is 2. The summed E-state index contributed by atoms with van der Waals surface area (Å²) in [6, 6.07) is 12.6. The van der Waals surface area contributed by atoms with E-state index in [2.05, 4.69) is 12.2 Å². The summed E-state index contributed by atoms with van der Waals surface area (Å²) in [5, 5.41) is 3.20. The molecule has 7 nitrogen and oxygen atoms in total. The van der Waals surface area contributed by atoms with Crippen molar-refractivity contribution in [1.82, 2.24) is 5.32 Å². The van der Waals surface area contributed by atoms with Crippen LogP contribution >= 0.6 is 0 Å². The van der Waals surface area contributed by atoms with Gasteiger partial charge in [-0.2, -0.15) is 0 Å². The third-order valence-corrected chi connectivity index (χ3v) is 5.07. The first kappa shape index (κ1) is 25.0. The highest BCUT2D eigenvalue weighted by atomic mass is 16.6. The normalized spacial score (nSPS) is 12.3. The van der Waals surface area contributed by atoms with E-state index in [-0.39, 0.29) is 5.75 Å². The second-order valence-corrected chi connectivity index (χ2v) is 9.24.